The van der Waals surface area contributed by atoms with Gasteiger partial charge in [-0.05, 0) is 48.4 Å². The molecule has 3 aromatic heterocycles. The number of anilines is 1. The van der Waals surface area contributed by atoms with E-state index in [0.717, 1.165) is 66.3 Å². The number of imidazole rings is 1. The van der Waals surface area contributed by atoms with Gasteiger partial charge in [0.25, 0.3) is 0 Å². The van der Waals surface area contributed by atoms with E-state index in [1.54, 1.807) is 6.20 Å². The minimum Gasteiger partial charge on any atom is -0.396 e. The predicted octanol–water partition coefficient (Wildman–Crippen LogP) is 3.89. The van der Waals surface area contributed by atoms with E-state index in [4.69, 9.17) is 15.7 Å². The van der Waals surface area contributed by atoms with Crippen molar-refractivity contribution in [2.45, 2.75) is 19.0 Å². The molecular weight excluding hydrogens is 474 g/mol. The molecule has 1 fully saturated rings. The maximum absolute atomic E-state index is 9.31. The van der Waals surface area contributed by atoms with Crippen molar-refractivity contribution in [2.24, 2.45) is 0 Å². The van der Waals surface area contributed by atoms with Gasteiger partial charge in [0, 0.05) is 56.3 Å². The molecule has 0 bridgehead atoms. The quantitative estimate of drug-likeness (QED) is 0.308. The van der Waals surface area contributed by atoms with E-state index < -0.39 is 0 Å². The van der Waals surface area contributed by atoms with Crippen LogP contribution in [0.25, 0.3) is 39.5 Å². The number of nitrogens with one attached hydrogen (secondary N) is 1. The molecule has 38 heavy (non-hydrogen) atoms. The van der Waals surface area contributed by atoms with E-state index in [1.807, 2.05) is 42.5 Å². The smallest absolute Gasteiger partial charge is 0.165 e. The molecule has 0 spiro atoms. The summed E-state index contributed by atoms with van der Waals surface area (Å²) < 4.78 is 2.07. The van der Waals surface area contributed by atoms with Crippen LogP contribution in [0.2, 0.25) is 0 Å². The zero-order chi connectivity index (χ0) is 25.9. The second-order valence-corrected chi connectivity index (χ2v) is 9.68. The summed E-state index contributed by atoms with van der Waals surface area (Å²) in [5.74, 6) is 1.14. The molecule has 5 aromatic rings. The normalized spacial score (nSPS) is 16.2. The lowest BCUT2D eigenvalue weighted by Gasteiger charge is -2.33. The van der Waals surface area contributed by atoms with Crippen LogP contribution in [0.1, 0.15) is 12.0 Å². The van der Waals surface area contributed by atoms with Crippen molar-refractivity contribution in [1.29, 1.82) is 0 Å². The number of benzene rings is 2. The summed E-state index contributed by atoms with van der Waals surface area (Å²) >= 11 is 0. The molecule has 4 N–H and O–H groups in total. The van der Waals surface area contributed by atoms with Crippen LogP contribution < -0.4 is 11.1 Å². The summed E-state index contributed by atoms with van der Waals surface area (Å²) in [5.41, 5.74) is 12.8. The molecule has 8 nitrogen and oxygen atoms in total. The number of nitrogens with two attached hydrogens (primary N) is 1. The van der Waals surface area contributed by atoms with Crippen molar-refractivity contribution in [3.63, 3.8) is 0 Å². The van der Waals surface area contributed by atoms with Gasteiger partial charge in [0.15, 0.2) is 11.5 Å². The van der Waals surface area contributed by atoms with Crippen LogP contribution in [0.4, 0.5) is 5.82 Å². The number of hydrogen-bond acceptors (Lipinski definition) is 7. The second kappa shape index (κ2) is 10.7. The van der Waals surface area contributed by atoms with Gasteiger partial charge in [-0.1, -0.05) is 42.5 Å². The third-order valence-corrected chi connectivity index (χ3v) is 7.07. The highest BCUT2D eigenvalue weighted by atomic mass is 16.3. The Hall–Kier alpha value is -4.11. The molecule has 0 radical (unpaired) electrons. The summed E-state index contributed by atoms with van der Waals surface area (Å²) in [6.07, 6.45) is 2.47. The molecule has 0 aliphatic carbocycles. The number of nitrogen functional groups attached to an aromatic ring is 1. The second-order valence-electron chi connectivity index (χ2n) is 9.68. The lowest BCUT2D eigenvalue weighted by atomic mass is 10.1. The first-order chi connectivity index (χ1) is 18.7. The van der Waals surface area contributed by atoms with Crippen molar-refractivity contribution >= 4 is 17.0 Å². The van der Waals surface area contributed by atoms with Crippen LogP contribution in [0, 0.1) is 0 Å². The maximum Gasteiger partial charge on any atom is 0.165 e. The molecule has 1 aliphatic heterocycles. The molecule has 6 rings (SSSR count). The SMILES string of the molecule is Nc1ncccc1-c1nc2ccc(-c3ccccc3)nc2n1-c1ccc(CN2CCN[C@@H](CCO)C2)cc1. The van der Waals surface area contributed by atoms with Gasteiger partial charge in [-0.2, -0.15) is 0 Å². The molecule has 4 heterocycles. The molecule has 0 amide bonds. The number of piperazine rings is 1. The van der Waals surface area contributed by atoms with Crippen molar-refractivity contribution < 1.29 is 5.11 Å². The van der Waals surface area contributed by atoms with Crippen LogP contribution in [0.15, 0.2) is 85.1 Å². The number of rotatable bonds is 7. The van der Waals surface area contributed by atoms with Crippen molar-refractivity contribution in [2.75, 3.05) is 32.0 Å². The highest BCUT2D eigenvalue weighted by molar-refractivity contribution is 5.84. The summed E-state index contributed by atoms with van der Waals surface area (Å²) in [7, 11) is 0. The van der Waals surface area contributed by atoms with Gasteiger partial charge in [-0.3, -0.25) is 9.47 Å². The maximum atomic E-state index is 9.31. The number of pyridine rings is 2. The first-order valence-electron chi connectivity index (χ1n) is 13.0. The number of aliphatic hydroxyl groups is 1. The Bertz CT molecular complexity index is 1530. The molecule has 1 saturated heterocycles. The summed E-state index contributed by atoms with van der Waals surface area (Å²) in [6, 6.07) is 26.9. The van der Waals surface area contributed by atoms with Crippen molar-refractivity contribution in [3.05, 3.63) is 90.6 Å². The largest absolute Gasteiger partial charge is 0.396 e. The van der Waals surface area contributed by atoms with Crippen molar-refractivity contribution in [3.8, 4) is 28.3 Å². The predicted molar refractivity (Wildman–Crippen MR) is 151 cm³/mol. The average Bonchev–Trinajstić information content (AvgIpc) is 3.33. The van der Waals surface area contributed by atoms with Gasteiger partial charge in [-0.25, -0.2) is 15.0 Å². The van der Waals surface area contributed by atoms with E-state index in [2.05, 4.69) is 56.2 Å². The average molecular weight is 506 g/mol. The number of fused-ring (bicyclic) bond motifs is 1. The zero-order valence-electron chi connectivity index (χ0n) is 21.2. The molecule has 8 heteroatoms. The number of hydrogen-bond donors (Lipinski definition) is 3. The molecule has 0 saturated carbocycles. The minimum absolute atomic E-state index is 0.211. The third kappa shape index (κ3) is 4.89. The molecule has 1 aliphatic rings. The molecule has 192 valence electrons. The van der Waals surface area contributed by atoms with Crippen LogP contribution in [0.3, 0.4) is 0 Å². The topological polar surface area (TPSA) is 105 Å². The number of nitrogens with zero attached hydrogens (tertiary/aromatic N) is 5. The monoisotopic (exact) mass is 505 g/mol. The van der Waals surface area contributed by atoms with Crippen molar-refractivity contribution in [1.82, 2.24) is 29.7 Å². The summed E-state index contributed by atoms with van der Waals surface area (Å²) in [4.78, 5) is 16.7. The lowest BCUT2D eigenvalue weighted by molar-refractivity contribution is 0.168. The van der Waals surface area contributed by atoms with Gasteiger partial charge in [0.2, 0.25) is 0 Å². The fraction of sp³-hybridized carbons (Fsp3) is 0.233. The molecule has 0 unspecified atom stereocenters. The van der Waals surface area contributed by atoms with Crippen LogP contribution >= 0.6 is 0 Å². The first kappa shape index (κ1) is 24.2. The van der Waals surface area contributed by atoms with E-state index in [1.165, 1.54) is 5.56 Å². The molecule has 1 atom stereocenters. The highest BCUT2D eigenvalue weighted by Crippen LogP contribution is 2.31. The fourth-order valence-electron chi connectivity index (χ4n) is 5.15. The summed E-state index contributed by atoms with van der Waals surface area (Å²) in [6.45, 7) is 3.95. The Morgan fingerprint density at radius 1 is 0.947 bits per heavy atom. The lowest BCUT2D eigenvalue weighted by Crippen LogP contribution is -2.50. The van der Waals surface area contributed by atoms with Crippen LogP contribution in [-0.2, 0) is 6.54 Å². The molecule has 2 aromatic carbocycles. The highest BCUT2D eigenvalue weighted by Gasteiger charge is 2.20. The standard InChI is InChI=1S/C30H31N7O/c31-28-25(7-4-15-33-28)29-35-27-13-12-26(22-5-2-1-3-6-22)34-30(27)37(29)24-10-8-21(9-11-24)19-36-17-16-32-23(20-36)14-18-38/h1-13,15,23,32,38H,14,16-20H2,(H2,31,33)/t23-/m0/s1. The van der Waals surface area contributed by atoms with Gasteiger partial charge in [0.1, 0.15) is 11.3 Å². The summed E-state index contributed by atoms with van der Waals surface area (Å²) in [5, 5.41) is 12.8. The number of aromatic nitrogens is 4. The minimum atomic E-state index is 0.211. The van der Waals surface area contributed by atoms with Gasteiger partial charge in [0.05, 0.1) is 11.3 Å². The number of aliphatic hydroxyl groups excluding tert-OH is 1. The Labute approximate surface area is 221 Å². The van der Waals surface area contributed by atoms with Crippen LogP contribution in [0.5, 0.6) is 0 Å². The van der Waals surface area contributed by atoms with Gasteiger partial charge < -0.3 is 16.2 Å². The van der Waals surface area contributed by atoms with E-state index in [9.17, 15) is 5.11 Å². The van der Waals surface area contributed by atoms with Gasteiger partial charge >= 0.3 is 0 Å². The first-order valence-corrected chi connectivity index (χ1v) is 13.0. The Balaban J connectivity index is 1.39. The van der Waals surface area contributed by atoms with Crippen LogP contribution in [-0.4, -0.2) is 61.8 Å². The third-order valence-electron chi connectivity index (χ3n) is 7.07. The molecular formula is C30H31N7O. The van der Waals surface area contributed by atoms with E-state index >= 15 is 0 Å². The Morgan fingerprint density at radius 2 is 1.79 bits per heavy atom. The van der Waals surface area contributed by atoms with Gasteiger partial charge in [-0.15, -0.1) is 0 Å². The Kier molecular flexibility index (Phi) is 6.83. The van der Waals surface area contributed by atoms with E-state index in [-0.39, 0.29) is 6.61 Å². The fourth-order valence-corrected chi connectivity index (χ4v) is 5.15. The Morgan fingerprint density at radius 3 is 2.58 bits per heavy atom. The van der Waals surface area contributed by atoms with E-state index in [0.29, 0.717) is 17.7 Å². The zero-order valence-corrected chi connectivity index (χ0v) is 21.2.